The van der Waals surface area contributed by atoms with Crippen molar-refractivity contribution >= 4 is 51.9 Å². The second kappa shape index (κ2) is 37.4. The maximum atomic E-state index is 8.58. The van der Waals surface area contributed by atoms with E-state index in [9.17, 15) is 0 Å². The van der Waals surface area contributed by atoms with Gasteiger partial charge in [0.05, 0.1) is 47.6 Å². The van der Waals surface area contributed by atoms with Crippen molar-refractivity contribution in [2.75, 3.05) is 65.9 Å². The zero-order valence-corrected chi connectivity index (χ0v) is 48.2. The van der Waals surface area contributed by atoms with Crippen LogP contribution in [-0.4, -0.2) is 91.2 Å². The fraction of sp³-hybridized carbons (Fsp3) is 0.492. The minimum Gasteiger partial charge on any atom is -0.404 e. The zero-order valence-electron chi connectivity index (χ0n) is 46.7. The first-order chi connectivity index (χ1) is 36.9. The second-order valence-corrected chi connectivity index (χ2v) is 20.1. The van der Waals surface area contributed by atoms with Crippen LogP contribution in [0.15, 0.2) is 105 Å². The molecule has 1 aliphatic heterocycles. The van der Waals surface area contributed by atoms with E-state index in [1.54, 1.807) is 6.20 Å². The average molecular weight is 1080 g/mol. The van der Waals surface area contributed by atoms with Crippen LogP contribution in [0.4, 0.5) is 5.82 Å². The Labute approximate surface area is 466 Å². The molecule has 1 aliphatic carbocycles. The summed E-state index contributed by atoms with van der Waals surface area (Å²) in [7, 11) is 3.96. The Morgan fingerprint density at radius 3 is 2.24 bits per heavy atom. The number of allylic oxidation sites excluding steroid dienone is 10. The Balaban J connectivity index is 0.000000295. The molecule has 0 saturated carbocycles. The molecule has 3 aromatic heterocycles. The number of hydrogen-bond donors (Lipinski definition) is 6. The van der Waals surface area contributed by atoms with Gasteiger partial charge in [0, 0.05) is 95.7 Å². The first-order valence-electron chi connectivity index (χ1n) is 27.4. The van der Waals surface area contributed by atoms with E-state index in [0.717, 1.165) is 129 Å². The number of fused-ring (bicyclic) bond motifs is 3. The number of rotatable bonds is 30. The standard InChI is InChI=1S/C23H31N3.C20H20Cl2N4.C17H38N2O2.CH3NO/c1-4-6-7-8-10-13-18(16-24)20-17-26-22(25)21(19(20)5-2)23(3)14-11-9-12-15-23;1-4-7-26-9-6-17(24-26)13-10-15(21)19(22)20-18(13)14-11-25(12(2)3)8-5-16(14)23-20;1-18-12-10-8-6-4-3-5-7-9-11-14-20-16-17-21-15-13-19-2;2-1-3/h4,9-14,16-17H,1,5-8,15,24H2,2-3H3,(H2,25,26);4,6,9-10,23H,1-2,5,7-8,11H2,3H3;18-19H,3-17H2,1-2H3;1H,(H2,2,3)/b13-10-,18-16+;;;. The van der Waals surface area contributed by atoms with Crippen molar-refractivity contribution in [3.05, 3.63) is 143 Å². The molecule has 9 N–H and O–H groups in total. The van der Waals surface area contributed by atoms with Crippen molar-refractivity contribution in [2.45, 2.75) is 136 Å². The number of carbonyl (C=O) groups excluding carboxylic acids is 1. The fourth-order valence-electron chi connectivity index (χ4n) is 9.40. The molecule has 4 heterocycles. The first kappa shape index (κ1) is 64.9. The largest absolute Gasteiger partial charge is 0.404 e. The van der Waals surface area contributed by atoms with Crippen LogP contribution in [0, 0.1) is 0 Å². The summed E-state index contributed by atoms with van der Waals surface area (Å²) in [6.07, 6.45) is 40.4. The van der Waals surface area contributed by atoms with E-state index in [4.69, 9.17) is 48.9 Å². The lowest BCUT2D eigenvalue weighted by atomic mass is 9.74. The average Bonchev–Trinajstić information content (AvgIpc) is 4.06. The number of nitrogens with two attached hydrogens (primary N) is 3. The van der Waals surface area contributed by atoms with Gasteiger partial charge < -0.3 is 47.2 Å². The number of aromatic nitrogens is 4. The van der Waals surface area contributed by atoms with Crippen LogP contribution in [0.5, 0.6) is 0 Å². The molecule has 13 nitrogen and oxygen atoms in total. The van der Waals surface area contributed by atoms with Crippen LogP contribution in [0.25, 0.3) is 27.7 Å². The maximum absolute atomic E-state index is 8.58. The molecule has 6 rings (SSSR count). The molecule has 418 valence electrons. The van der Waals surface area contributed by atoms with E-state index in [-0.39, 0.29) is 11.8 Å². The summed E-state index contributed by atoms with van der Waals surface area (Å²) in [6, 6.07) is 3.92. The summed E-state index contributed by atoms with van der Waals surface area (Å²) in [6.45, 7) is 25.7. The Hall–Kier alpha value is -5.41. The van der Waals surface area contributed by atoms with E-state index in [1.807, 2.05) is 62.4 Å². The number of primary amides is 1. The lowest BCUT2D eigenvalue weighted by Crippen LogP contribution is -2.28. The van der Waals surface area contributed by atoms with Crippen LogP contribution in [0.2, 0.25) is 10.0 Å². The molecule has 15 heteroatoms. The van der Waals surface area contributed by atoms with Crippen molar-refractivity contribution < 1.29 is 14.3 Å². The molecule has 0 saturated heterocycles. The lowest BCUT2D eigenvalue weighted by Gasteiger charge is -2.31. The molecule has 0 bridgehead atoms. The SMILES string of the molecule is C=CCCC/C=C\C(=C/N)c1cnc(N)c(C2(C)C=CC=CC2)c1CC.C=CCn1ccc(-c2cc(Cl)c(Cl)c3[nH]c4c(c23)CN(C(=C)C)CC4)n1.CNCCCCCCCCCCCOCCOCCNC.NC=O. The van der Waals surface area contributed by atoms with Gasteiger partial charge in [-0.1, -0.05) is 137 Å². The summed E-state index contributed by atoms with van der Waals surface area (Å²) < 4.78 is 12.8. The minimum atomic E-state index is -0.138. The number of nitrogens with one attached hydrogen (secondary N) is 3. The third-order valence-electron chi connectivity index (χ3n) is 13.5. The van der Waals surface area contributed by atoms with Crippen molar-refractivity contribution in [3.63, 3.8) is 0 Å². The van der Waals surface area contributed by atoms with E-state index < -0.39 is 0 Å². The Morgan fingerprint density at radius 2 is 1.62 bits per heavy atom. The van der Waals surface area contributed by atoms with E-state index in [2.05, 4.69) is 106 Å². The number of benzene rings is 1. The van der Waals surface area contributed by atoms with Crippen molar-refractivity contribution in [2.24, 2.45) is 11.5 Å². The van der Waals surface area contributed by atoms with Gasteiger partial charge >= 0.3 is 0 Å². The summed E-state index contributed by atoms with van der Waals surface area (Å²) in [4.78, 5) is 18.9. The van der Waals surface area contributed by atoms with Crippen molar-refractivity contribution in [3.8, 4) is 11.3 Å². The van der Waals surface area contributed by atoms with E-state index in [1.165, 1.54) is 81.2 Å². The number of likely N-dealkylation sites (N-methyl/N-ethyl adjacent to an activating group) is 1. The smallest absolute Gasteiger partial charge is 0.204 e. The molecule has 0 fully saturated rings. The molecule has 4 aromatic rings. The lowest BCUT2D eigenvalue weighted by molar-refractivity contribution is -0.106. The number of ether oxygens (including phenoxy) is 2. The van der Waals surface area contributed by atoms with Gasteiger partial charge in [-0.3, -0.25) is 9.48 Å². The normalized spacial score (nSPS) is 14.8. The van der Waals surface area contributed by atoms with Crippen molar-refractivity contribution in [1.29, 1.82) is 0 Å². The number of carbonyl (C=O) groups is 1. The molecule has 1 unspecified atom stereocenters. The predicted octanol–water partition coefficient (Wildman–Crippen LogP) is 12.7. The van der Waals surface area contributed by atoms with Gasteiger partial charge in [0.15, 0.2) is 0 Å². The summed E-state index contributed by atoms with van der Waals surface area (Å²) in [5.41, 5.74) is 27.0. The number of anilines is 1. The highest BCUT2D eigenvalue weighted by Crippen LogP contribution is 2.43. The monoisotopic (exact) mass is 1080 g/mol. The van der Waals surface area contributed by atoms with Gasteiger partial charge in [0.25, 0.3) is 0 Å². The highest BCUT2D eigenvalue weighted by atomic mass is 35.5. The van der Waals surface area contributed by atoms with Gasteiger partial charge in [-0.05, 0) is 95.8 Å². The van der Waals surface area contributed by atoms with E-state index >= 15 is 0 Å². The van der Waals surface area contributed by atoms with Crippen LogP contribution >= 0.6 is 23.2 Å². The molecular formula is C61H92Cl2N10O3. The Morgan fingerprint density at radius 1 is 0.934 bits per heavy atom. The second-order valence-electron chi connectivity index (χ2n) is 19.3. The maximum Gasteiger partial charge on any atom is 0.204 e. The number of pyridine rings is 1. The molecule has 1 atom stereocenters. The van der Waals surface area contributed by atoms with Gasteiger partial charge in [-0.15, -0.1) is 13.2 Å². The fourth-order valence-corrected chi connectivity index (χ4v) is 9.80. The Kier molecular flexibility index (Phi) is 31.9. The summed E-state index contributed by atoms with van der Waals surface area (Å²) >= 11 is 13.0. The third-order valence-corrected chi connectivity index (χ3v) is 14.2. The number of amides is 1. The molecule has 1 aromatic carbocycles. The number of hydrogen-bond acceptors (Lipinski definition) is 10. The summed E-state index contributed by atoms with van der Waals surface area (Å²) in [5.74, 6) is 0.611. The molecular weight excluding hydrogens is 992 g/mol. The number of unbranched alkanes of at least 4 members (excludes halogenated alkanes) is 10. The van der Waals surface area contributed by atoms with Crippen molar-refractivity contribution in [1.82, 2.24) is 35.3 Å². The summed E-state index contributed by atoms with van der Waals surface area (Å²) in [5, 5.41) is 13.1. The highest BCUT2D eigenvalue weighted by Gasteiger charge is 2.31. The quantitative estimate of drug-likeness (QED) is 0.0127. The highest BCUT2D eigenvalue weighted by molar-refractivity contribution is 6.45. The van der Waals surface area contributed by atoms with E-state index in [0.29, 0.717) is 22.4 Å². The van der Waals surface area contributed by atoms with Crippen LogP contribution < -0.4 is 27.8 Å². The van der Waals surface area contributed by atoms with Crippen LogP contribution in [0.3, 0.4) is 0 Å². The molecule has 0 spiro atoms. The number of H-pyrrole nitrogens is 1. The number of nitrogens with zero attached hydrogens (tertiary/aromatic N) is 4. The van der Waals surface area contributed by atoms with Gasteiger partial charge in [0.2, 0.25) is 6.41 Å². The molecule has 1 amide bonds. The predicted molar refractivity (Wildman–Crippen MR) is 324 cm³/mol. The molecule has 0 radical (unpaired) electrons. The van der Waals surface area contributed by atoms with Gasteiger partial charge in [-0.2, -0.15) is 5.10 Å². The van der Waals surface area contributed by atoms with Gasteiger partial charge in [0.1, 0.15) is 5.82 Å². The zero-order chi connectivity index (χ0) is 55.6. The third kappa shape index (κ3) is 21.2. The van der Waals surface area contributed by atoms with Crippen LogP contribution in [0.1, 0.15) is 132 Å². The van der Waals surface area contributed by atoms with Crippen LogP contribution in [-0.2, 0) is 45.6 Å². The number of nitrogen functional groups attached to an aromatic ring is 1. The van der Waals surface area contributed by atoms with Gasteiger partial charge in [-0.25, -0.2) is 4.98 Å². The minimum absolute atomic E-state index is 0.138. The molecule has 76 heavy (non-hydrogen) atoms. The Bertz CT molecular complexity index is 2470. The number of aromatic amines is 1. The first-order valence-corrected chi connectivity index (χ1v) is 28.1. The number of halogens is 2. The topological polar surface area (TPSA) is 187 Å². The molecule has 2 aliphatic rings.